The van der Waals surface area contributed by atoms with E-state index in [0.29, 0.717) is 10.7 Å². The van der Waals surface area contributed by atoms with Crippen LogP contribution in [0, 0.1) is 0 Å². The highest BCUT2D eigenvalue weighted by atomic mass is 35.5. The van der Waals surface area contributed by atoms with E-state index in [0.717, 1.165) is 50.5 Å². The largest absolute Gasteiger partial charge is 0.495 e. The number of halogens is 1. The second-order valence-corrected chi connectivity index (χ2v) is 7.92. The molecule has 1 aliphatic heterocycles. The monoisotopic (exact) mass is 431 g/mol. The molecule has 2 aromatic rings. The Labute approximate surface area is 183 Å². The number of hydrogen-bond acceptors (Lipinski definition) is 5. The third kappa shape index (κ3) is 6.32. The van der Waals surface area contributed by atoms with Gasteiger partial charge in [0.1, 0.15) is 5.75 Å². The van der Waals surface area contributed by atoms with E-state index in [1.165, 1.54) is 0 Å². The van der Waals surface area contributed by atoms with E-state index in [-0.39, 0.29) is 18.0 Å². The van der Waals surface area contributed by atoms with Gasteiger partial charge in [0.2, 0.25) is 0 Å². The van der Waals surface area contributed by atoms with Crippen molar-refractivity contribution in [2.45, 2.75) is 24.8 Å². The first kappa shape index (κ1) is 22.3. The van der Waals surface area contributed by atoms with Crippen LogP contribution in [0.15, 0.2) is 42.6 Å². The molecule has 1 aliphatic rings. The lowest BCUT2D eigenvalue weighted by atomic mass is 9.88. The number of nitrogens with zero attached hydrogens (tertiary/aromatic N) is 2. The van der Waals surface area contributed by atoms with Gasteiger partial charge < -0.3 is 25.6 Å². The van der Waals surface area contributed by atoms with Crippen molar-refractivity contribution >= 4 is 23.3 Å². The van der Waals surface area contributed by atoms with Crippen molar-refractivity contribution in [1.82, 2.24) is 20.5 Å². The number of rotatable bonds is 8. The van der Waals surface area contributed by atoms with Crippen molar-refractivity contribution in [2.24, 2.45) is 0 Å². The molecular weight excluding hydrogens is 402 g/mol. The second-order valence-electron chi connectivity index (χ2n) is 7.49. The molecule has 30 heavy (non-hydrogen) atoms. The number of amides is 2. The average Bonchev–Trinajstić information content (AvgIpc) is 2.76. The lowest BCUT2D eigenvalue weighted by molar-refractivity contribution is 0.171. The quantitative estimate of drug-likeness (QED) is 0.559. The Hall–Kier alpha value is -2.35. The van der Waals surface area contributed by atoms with Gasteiger partial charge in [-0.3, -0.25) is 4.98 Å². The minimum absolute atomic E-state index is 0.00116. The van der Waals surface area contributed by atoms with Gasteiger partial charge in [-0.05, 0) is 69.4 Å². The van der Waals surface area contributed by atoms with Crippen LogP contribution in [0.3, 0.4) is 0 Å². The molecule has 3 rings (SSSR count). The Balaban J connectivity index is 1.68. The number of anilines is 1. The summed E-state index contributed by atoms with van der Waals surface area (Å²) in [5.74, 6) is 0.834. The first-order valence-electron chi connectivity index (χ1n) is 10.3. The van der Waals surface area contributed by atoms with Crippen LogP contribution in [-0.2, 0) is 0 Å². The minimum atomic E-state index is -0.218. The van der Waals surface area contributed by atoms with Crippen molar-refractivity contribution in [2.75, 3.05) is 45.7 Å². The van der Waals surface area contributed by atoms with E-state index in [9.17, 15) is 4.79 Å². The molecular formula is C22H30ClN5O2. The highest BCUT2D eigenvalue weighted by molar-refractivity contribution is 6.30. The van der Waals surface area contributed by atoms with Crippen LogP contribution in [0.5, 0.6) is 5.75 Å². The Morgan fingerprint density at radius 1 is 1.27 bits per heavy atom. The van der Waals surface area contributed by atoms with Gasteiger partial charge in [0.15, 0.2) is 0 Å². The van der Waals surface area contributed by atoms with Crippen molar-refractivity contribution in [1.29, 1.82) is 0 Å². The zero-order valence-corrected chi connectivity index (χ0v) is 18.3. The highest BCUT2D eigenvalue weighted by Gasteiger charge is 2.32. The third-order valence-corrected chi connectivity index (χ3v) is 5.64. The van der Waals surface area contributed by atoms with Crippen LogP contribution in [0.25, 0.3) is 0 Å². The number of aromatic nitrogens is 1. The fourth-order valence-corrected chi connectivity index (χ4v) is 3.90. The molecule has 0 saturated carbocycles. The number of urea groups is 1. The van der Waals surface area contributed by atoms with Gasteiger partial charge in [-0.25, -0.2) is 4.79 Å². The van der Waals surface area contributed by atoms with E-state index >= 15 is 0 Å². The summed E-state index contributed by atoms with van der Waals surface area (Å²) in [5, 5.41) is 9.88. The van der Waals surface area contributed by atoms with Gasteiger partial charge in [-0.1, -0.05) is 11.6 Å². The maximum absolute atomic E-state index is 12.6. The number of hydrogen-bond donors (Lipinski definition) is 3. The summed E-state index contributed by atoms with van der Waals surface area (Å²) >= 11 is 5.92. The molecule has 0 spiro atoms. The number of piperidine rings is 1. The molecule has 1 saturated heterocycles. The molecule has 0 unspecified atom stereocenters. The molecule has 7 nitrogen and oxygen atoms in total. The van der Waals surface area contributed by atoms with Gasteiger partial charge in [-0.15, -0.1) is 0 Å². The molecule has 8 heteroatoms. The molecule has 3 N–H and O–H groups in total. The van der Waals surface area contributed by atoms with Gasteiger partial charge in [0.05, 0.1) is 13.3 Å². The second kappa shape index (κ2) is 11.2. The van der Waals surface area contributed by atoms with Crippen LogP contribution in [0.1, 0.15) is 24.5 Å². The van der Waals surface area contributed by atoms with Crippen molar-refractivity contribution in [3.8, 4) is 5.75 Å². The predicted octanol–water partition coefficient (Wildman–Crippen LogP) is 3.33. The van der Waals surface area contributed by atoms with Gasteiger partial charge in [0.25, 0.3) is 0 Å². The first-order chi connectivity index (χ1) is 14.6. The summed E-state index contributed by atoms with van der Waals surface area (Å²) in [5.41, 5.74) is 1.67. The molecule has 1 fully saturated rings. The van der Waals surface area contributed by atoms with Crippen LogP contribution < -0.4 is 20.7 Å². The van der Waals surface area contributed by atoms with Crippen molar-refractivity contribution < 1.29 is 9.53 Å². The third-order valence-electron chi connectivity index (χ3n) is 5.39. The van der Waals surface area contributed by atoms with Crippen molar-refractivity contribution in [3.05, 3.63) is 53.3 Å². The summed E-state index contributed by atoms with van der Waals surface area (Å²) in [6, 6.07) is 10.8. The van der Waals surface area contributed by atoms with E-state index < -0.39 is 0 Å². The van der Waals surface area contributed by atoms with Gasteiger partial charge in [0, 0.05) is 41.5 Å². The molecule has 1 aromatic heterocycles. The SMILES string of the molecule is CNCCCN1CC[C@@H](NC(=O)Nc2ccc(Cl)cc2)[C@H](c2ccc(OC)cn2)C1. The Bertz CT molecular complexity index is 800. The number of benzene rings is 1. The van der Waals surface area contributed by atoms with Crippen LogP contribution in [0.4, 0.5) is 10.5 Å². The van der Waals surface area contributed by atoms with Crippen LogP contribution >= 0.6 is 11.6 Å². The molecule has 2 atom stereocenters. The molecule has 162 valence electrons. The number of ether oxygens (including phenoxy) is 1. The summed E-state index contributed by atoms with van der Waals surface area (Å²) in [7, 11) is 3.60. The van der Waals surface area contributed by atoms with E-state index in [1.54, 1.807) is 37.6 Å². The number of likely N-dealkylation sites (tertiary alicyclic amines) is 1. The van der Waals surface area contributed by atoms with Crippen molar-refractivity contribution in [3.63, 3.8) is 0 Å². The molecule has 1 aromatic carbocycles. The highest BCUT2D eigenvalue weighted by Crippen LogP contribution is 2.27. The topological polar surface area (TPSA) is 78.5 Å². The number of carbonyl (C=O) groups excluding carboxylic acids is 1. The number of pyridine rings is 1. The standard InChI is InChI=1S/C22H30ClN5O2/c1-24-11-3-12-28-13-10-21(19(15-28)20-9-8-18(30-2)14-25-20)27-22(29)26-17-6-4-16(23)5-7-17/h4-9,14,19,21,24H,3,10-13,15H2,1-2H3,(H2,26,27,29)/t19-,21+/m0/s1. The zero-order chi connectivity index (χ0) is 21.3. The minimum Gasteiger partial charge on any atom is -0.495 e. The number of carbonyl (C=O) groups is 1. The summed E-state index contributed by atoms with van der Waals surface area (Å²) in [4.78, 5) is 19.7. The lowest BCUT2D eigenvalue weighted by Crippen LogP contribution is -2.51. The maximum atomic E-state index is 12.6. The average molecular weight is 432 g/mol. The Kier molecular flexibility index (Phi) is 8.30. The molecule has 2 heterocycles. The summed E-state index contributed by atoms with van der Waals surface area (Å²) in [6.45, 7) is 3.82. The number of nitrogens with one attached hydrogen (secondary N) is 3. The molecule has 2 amide bonds. The van der Waals surface area contributed by atoms with E-state index in [2.05, 4.69) is 25.8 Å². The molecule has 0 radical (unpaired) electrons. The Morgan fingerprint density at radius 3 is 2.73 bits per heavy atom. The predicted molar refractivity (Wildman–Crippen MR) is 121 cm³/mol. The van der Waals surface area contributed by atoms with E-state index in [4.69, 9.17) is 16.3 Å². The lowest BCUT2D eigenvalue weighted by Gasteiger charge is -2.38. The normalized spacial score (nSPS) is 19.3. The molecule has 0 bridgehead atoms. The van der Waals surface area contributed by atoms with Gasteiger partial charge in [-0.2, -0.15) is 0 Å². The van der Waals surface area contributed by atoms with Gasteiger partial charge >= 0.3 is 6.03 Å². The fraction of sp³-hybridized carbons (Fsp3) is 0.455. The Morgan fingerprint density at radius 2 is 2.07 bits per heavy atom. The first-order valence-corrected chi connectivity index (χ1v) is 10.7. The van der Waals surface area contributed by atoms with Crippen LogP contribution in [-0.4, -0.2) is 62.3 Å². The smallest absolute Gasteiger partial charge is 0.319 e. The summed E-state index contributed by atoms with van der Waals surface area (Å²) < 4.78 is 5.24. The van der Waals surface area contributed by atoms with E-state index in [1.807, 2.05) is 19.2 Å². The summed E-state index contributed by atoms with van der Waals surface area (Å²) in [6.07, 6.45) is 3.69. The maximum Gasteiger partial charge on any atom is 0.319 e. The van der Waals surface area contributed by atoms with Crippen LogP contribution in [0.2, 0.25) is 5.02 Å². The number of methoxy groups -OCH3 is 1. The molecule has 0 aliphatic carbocycles. The fourth-order valence-electron chi connectivity index (χ4n) is 3.78. The zero-order valence-electron chi connectivity index (χ0n) is 17.5.